The van der Waals surface area contributed by atoms with Crippen molar-refractivity contribution >= 4 is 23.5 Å². The van der Waals surface area contributed by atoms with Crippen molar-refractivity contribution in [2.45, 2.75) is 32.3 Å². The molecule has 0 spiro atoms. The Balaban J connectivity index is 1.59. The Kier molecular flexibility index (Phi) is 5.45. The van der Waals surface area contributed by atoms with Gasteiger partial charge in [0, 0.05) is 23.8 Å². The molecule has 0 radical (unpaired) electrons. The van der Waals surface area contributed by atoms with Crippen molar-refractivity contribution in [1.29, 1.82) is 0 Å². The highest BCUT2D eigenvalue weighted by Crippen LogP contribution is 2.23. The minimum atomic E-state index is -0.890. The minimum Gasteiger partial charge on any atom is -0.451 e. The lowest BCUT2D eigenvalue weighted by atomic mass is 10.0. The lowest BCUT2D eigenvalue weighted by Gasteiger charge is -2.12. The summed E-state index contributed by atoms with van der Waals surface area (Å²) in [5.41, 5.74) is 3.62. The molecule has 0 aromatic heterocycles. The molecular weight excluding hydrogens is 346 g/mol. The van der Waals surface area contributed by atoms with Gasteiger partial charge in [-0.05, 0) is 67.2 Å². The predicted molar refractivity (Wildman–Crippen MR) is 100 cm³/mol. The zero-order valence-corrected chi connectivity index (χ0v) is 14.9. The number of Topliss-reactive ketones (excluding diaryl/α,β-unsaturated/α-hetero) is 1. The highest BCUT2D eigenvalue weighted by molar-refractivity contribution is 6.01. The van der Waals surface area contributed by atoms with Gasteiger partial charge in [0.05, 0.1) is 4.92 Å². The standard InChI is InChI=1S/C21H19NO5/c1-14(21(24)18-9-8-16-3-2-4-17(16)13-18)27-20(23)12-7-15-5-10-19(11-6-15)22(25)26/h5-14H,2-4H2,1H3/b12-7+/t14-/m0/s1. The molecule has 0 aliphatic heterocycles. The van der Waals surface area contributed by atoms with E-state index in [4.69, 9.17) is 4.74 Å². The Hall–Kier alpha value is -3.28. The van der Waals surface area contributed by atoms with Crippen molar-refractivity contribution in [3.63, 3.8) is 0 Å². The molecule has 27 heavy (non-hydrogen) atoms. The van der Waals surface area contributed by atoms with Gasteiger partial charge in [-0.1, -0.05) is 12.1 Å². The number of ether oxygens (including phenoxy) is 1. The predicted octanol–water partition coefficient (Wildman–Crippen LogP) is 3.91. The molecule has 2 aromatic rings. The average Bonchev–Trinajstić information content (AvgIpc) is 3.13. The van der Waals surface area contributed by atoms with E-state index in [1.54, 1.807) is 13.0 Å². The molecule has 2 aromatic carbocycles. The number of nitro benzene ring substituents is 1. The molecule has 0 unspecified atom stereocenters. The van der Waals surface area contributed by atoms with Gasteiger partial charge >= 0.3 is 5.97 Å². The van der Waals surface area contributed by atoms with E-state index in [0.717, 1.165) is 19.3 Å². The van der Waals surface area contributed by atoms with Crippen LogP contribution in [0, 0.1) is 10.1 Å². The quantitative estimate of drug-likeness (QED) is 0.255. The molecular formula is C21H19NO5. The number of rotatable bonds is 6. The molecule has 0 amide bonds. The second-order valence-electron chi connectivity index (χ2n) is 6.46. The van der Waals surface area contributed by atoms with Gasteiger partial charge in [0.25, 0.3) is 5.69 Å². The Morgan fingerprint density at radius 1 is 1.11 bits per heavy atom. The Bertz CT molecular complexity index is 915. The molecule has 0 saturated carbocycles. The van der Waals surface area contributed by atoms with Crippen molar-refractivity contribution in [2.75, 3.05) is 0 Å². The van der Waals surface area contributed by atoms with Crippen molar-refractivity contribution in [2.24, 2.45) is 0 Å². The third-order valence-electron chi connectivity index (χ3n) is 4.56. The number of esters is 1. The first-order valence-electron chi connectivity index (χ1n) is 8.73. The van der Waals surface area contributed by atoms with Gasteiger partial charge in [-0.15, -0.1) is 0 Å². The number of non-ortho nitro benzene ring substituents is 1. The van der Waals surface area contributed by atoms with Gasteiger partial charge in [-0.25, -0.2) is 4.79 Å². The summed E-state index contributed by atoms with van der Waals surface area (Å²) in [6.45, 7) is 1.55. The number of benzene rings is 2. The summed E-state index contributed by atoms with van der Waals surface area (Å²) in [5.74, 6) is -0.878. The zero-order chi connectivity index (χ0) is 19.4. The first kappa shape index (κ1) is 18.5. The highest BCUT2D eigenvalue weighted by atomic mass is 16.6. The van der Waals surface area contributed by atoms with Gasteiger partial charge in [0.15, 0.2) is 6.10 Å². The number of hydrogen-bond donors (Lipinski definition) is 0. The van der Waals surface area contributed by atoms with Gasteiger partial charge in [-0.2, -0.15) is 0 Å². The van der Waals surface area contributed by atoms with Crippen LogP contribution in [0.15, 0.2) is 48.5 Å². The van der Waals surface area contributed by atoms with Gasteiger partial charge in [-0.3, -0.25) is 14.9 Å². The number of fused-ring (bicyclic) bond motifs is 1. The summed E-state index contributed by atoms with van der Waals surface area (Å²) in [4.78, 5) is 34.6. The van der Waals surface area contributed by atoms with Crippen molar-refractivity contribution < 1.29 is 19.2 Å². The molecule has 138 valence electrons. The van der Waals surface area contributed by atoms with Crippen LogP contribution >= 0.6 is 0 Å². The van der Waals surface area contributed by atoms with E-state index in [9.17, 15) is 19.7 Å². The fourth-order valence-electron chi connectivity index (χ4n) is 3.10. The van der Waals surface area contributed by atoms with Crippen LogP contribution in [0.3, 0.4) is 0 Å². The SMILES string of the molecule is C[C@H](OC(=O)/C=C/c1ccc([N+](=O)[O-])cc1)C(=O)c1ccc2c(c1)CCC2. The topological polar surface area (TPSA) is 86.5 Å². The maximum absolute atomic E-state index is 12.5. The van der Waals surface area contributed by atoms with Gasteiger partial charge < -0.3 is 4.74 Å². The van der Waals surface area contributed by atoms with Crippen molar-refractivity contribution in [1.82, 2.24) is 0 Å². The van der Waals surface area contributed by atoms with Crippen molar-refractivity contribution in [3.8, 4) is 0 Å². The third-order valence-corrected chi connectivity index (χ3v) is 4.56. The number of hydrogen-bond acceptors (Lipinski definition) is 5. The normalized spacial score (nSPS) is 14.0. The van der Waals surface area contributed by atoms with Crippen LogP contribution in [-0.4, -0.2) is 22.8 Å². The van der Waals surface area contributed by atoms with Gasteiger partial charge in [0.1, 0.15) is 0 Å². The molecule has 6 heteroatoms. The summed E-state index contributed by atoms with van der Waals surface area (Å²) in [5, 5.41) is 10.6. The monoisotopic (exact) mass is 365 g/mol. The number of aryl methyl sites for hydroxylation is 2. The highest BCUT2D eigenvalue weighted by Gasteiger charge is 2.20. The molecule has 1 atom stereocenters. The van der Waals surface area contributed by atoms with Crippen LogP contribution in [0.5, 0.6) is 0 Å². The Morgan fingerprint density at radius 3 is 2.52 bits per heavy atom. The van der Waals surface area contributed by atoms with Crippen LogP contribution < -0.4 is 0 Å². The molecule has 0 heterocycles. The van der Waals surface area contributed by atoms with E-state index in [0.29, 0.717) is 11.1 Å². The van der Waals surface area contributed by atoms with Crippen LogP contribution in [0.1, 0.15) is 40.4 Å². The number of nitro groups is 1. The smallest absolute Gasteiger partial charge is 0.331 e. The molecule has 0 saturated heterocycles. The summed E-state index contributed by atoms with van der Waals surface area (Å²) >= 11 is 0. The maximum Gasteiger partial charge on any atom is 0.331 e. The fourth-order valence-corrected chi connectivity index (χ4v) is 3.10. The minimum absolute atomic E-state index is 0.0247. The lowest BCUT2D eigenvalue weighted by molar-refractivity contribution is -0.384. The van der Waals surface area contributed by atoms with Crippen molar-refractivity contribution in [3.05, 3.63) is 80.9 Å². The largest absolute Gasteiger partial charge is 0.451 e. The number of nitrogens with zero attached hydrogens (tertiary/aromatic N) is 1. The molecule has 1 aliphatic rings. The third kappa shape index (κ3) is 4.47. The summed E-state index contributed by atoms with van der Waals surface area (Å²) < 4.78 is 5.19. The molecule has 0 bridgehead atoms. The maximum atomic E-state index is 12.5. The van der Waals surface area contributed by atoms with Crippen LogP contribution in [0.25, 0.3) is 6.08 Å². The number of ketones is 1. The van der Waals surface area contributed by atoms with E-state index in [2.05, 4.69) is 0 Å². The number of carbonyl (C=O) groups is 2. The molecule has 3 rings (SSSR count). The lowest BCUT2D eigenvalue weighted by Crippen LogP contribution is -2.23. The van der Waals surface area contributed by atoms with Crippen LogP contribution in [-0.2, 0) is 22.4 Å². The van der Waals surface area contributed by atoms with E-state index in [-0.39, 0.29) is 11.5 Å². The molecule has 0 fully saturated rings. The number of carbonyl (C=O) groups excluding carboxylic acids is 2. The van der Waals surface area contributed by atoms with E-state index < -0.39 is 17.0 Å². The first-order chi connectivity index (χ1) is 12.9. The average molecular weight is 365 g/mol. The first-order valence-corrected chi connectivity index (χ1v) is 8.73. The molecule has 6 nitrogen and oxygen atoms in total. The summed E-state index contributed by atoms with van der Waals surface area (Å²) in [7, 11) is 0. The van der Waals surface area contributed by atoms with E-state index in [1.807, 2.05) is 12.1 Å². The second kappa shape index (κ2) is 7.95. The van der Waals surface area contributed by atoms with Crippen LogP contribution in [0.2, 0.25) is 0 Å². The van der Waals surface area contributed by atoms with Gasteiger partial charge in [0.2, 0.25) is 5.78 Å². The second-order valence-corrected chi connectivity index (χ2v) is 6.46. The summed E-state index contributed by atoms with van der Waals surface area (Å²) in [6, 6.07) is 11.4. The molecule has 1 aliphatic carbocycles. The van der Waals surface area contributed by atoms with Crippen LogP contribution in [0.4, 0.5) is 5.69 Å². The van der Waals surface area contributed by atoms with E-state index in [1.165, 1.54) is 47.5 Å². The Labute approximate surface area is 156 Å². The summed E-state index contributed by atoms with van der Waals surface area (Å²) in [6.07, 6.45) is 4.92. The molecule has 0 N–H and O–H groups in total. The fraction of sp³-hybridized carbons (Fsp3) is 0.238. The Morgan fingerprint density at radius 2 is 1.81 bits per heavy atom. The van der Waals surface area contributed by atoms with E-state index >= 15 is 0 Å². The zero-order valence-electron chi connectivity index (χ0n) is 14.9.